The standard InChI is InChI=1S/C15H20N2O2/c1-13(2)10-16-15(11-8-6-5-7-9-11)14(3,19-4)12(18)17(13)15/h5-9,16H,10H2,1-4H3/t14-,15-/m1/s1. The zero-order valence-corrected chi connectivity index (χ0v) is 11.9. The fourth-order valence-corrected chi connectivity index (χ4v) is 3.50. The largest absolute Gasteiger partial charge is 0.364 e. The molecule has 0 spiro atoms. The highest BCUT2D eigenvalue weighted by Gasteiger charge is 2.76. The number of rotatable bonds is 2. The quantitative estimate of drug-likeness (QED) is 0.819. The summed E-state index contributed by atoms with van der Waals surface area (Å²) in [4.78, 5) is 14.5. The Morgan fingerprint density at radius 2 is 1.84 bits per heavy atom. The molecule has 1 aromatic rings. The van der Waals surface area contributed by atoms with E-state index >= 15 is 0 Å². The van der Waals surface area contributed by atoms with Crippen LogP contribution >= 0.6 is 0 Å². The molecule has 2 saturated heterocycles. The highest BCUT2D eigenvalue weighted by atomic mass is 16.5. The molecule has 2 aliphatic heterocycles. The monoisotopic (exact) mass is 260 g/mol. The van der Waals surface area contributed by atoms with Crippen molar-refractivity contribution in [2.75, 3.05) is 13.7 Å². The van der Waals surface area contributed by atoms with Gasteiger partial charge < -0.3 is 9.64 Å². The van der Waals surface area contributed by atoms with Crippen LogP contribution in [0.25, 0.3) is 0 Å². The third-order valence-corrected chi connectivity index (χ3v) is 4.62. The van der Waals surface area contributed by atoms with Crippen LogP contribution in [-0.2, 0) is 15.2 Å². The van der Waals surface area contributed by atoms with Crippen molar-refractivity contribution in [3.8, 4) is 0 Å². The molecule has 19 heavy (non-hydrogen) atoms. The van der Waals surface area contributed by atoms with Crippen LogP contribution in [0.4, 0.5) is 0 Å². The van der Waals surface area contributed by atoms with Gasteiger partial charge in [-0.3, -0.25) is 10.1 Å². The predicted molar refractivity (Wildman–Crippen MR) is 72.5 cm³/mol. The van der Waals surface area contributed by atoms with E-state index in [2.05, 4.69) is 19.2 Å². The van der Waals surface area contributed by atoms with Crippen molar-refractivity contribution in [1.82, 2.24) is 10.2 Å². The van der Waals surface area contributed by atoms with Crippen molar-refractivity contribution in [1.29, 1.82) is 0 Å². The molecule has 1 aromatic carbocycles. The van der Waals surface area contributed by atoms with E-state index in [1.165, 1.54) is 0 Å². The SMILES string of the molecule is CO[C@]1(C)C(=O)N2C(C)(C)CN[C@]21c1ccccc1. The van der Waals surface area contributed by atoms with Crippen LogP contribution in [-0.4, -0.2) is 35.6 Å². The van der Waals surface area contributed by atoms with Crippen molar-refractivity contribution in [2.45, 2.75) is 37.6 Å². The van der Waals surface area contributed by atoms with Gasteiger partial charge in [0.1, 0.15) is 0 Å². The Morgan fingerprint density at radius 3 is 2.42 bits per heavy atom. The molecule has 1 amide bonds. The maximum absolute atomic E-state index is 12.6. The van der Waals surface area contributed by atoms with Crippen molar-refractivity contribution < 1.29 is 9.53 Å². The van der Waals surface area contributed by atoms with Gasteiger partial charge in [0.25, 0.3) is 5.91 Å². The number of carbonyl (C=O) groups excluding carboxylic acids is 1. The first kappa shape index (κ1) is 12.6. The number of nitrogens with zero attached hydrogens (tertiary/aromatic N) is 1. The Morgan fingerprint density at radius 1 is 1.21 bits per heavy atom. The second-order valence-electron chi connectivity index (χ2n) is 6.12. The minimum absolute atomic E-state index is 0.0499. The summed E-state index contributed by atoms with van der Waals surface area (Å²) in [6.45, 7) is 6.79. The Labute approximate surface area is 113 Å². The number of carbonyl (C=O) groups is 1. The molecule has 0 bridgehead atoms. The van der Waals surface area contributed by atoms with E-state index in [0.717, 1.165) is 12.1 Å². The summed E-state index contributed by atoms with van der Waals surface area (Å²) in [5.74, 6) is 0.0499. The third-order valence-electron chi connectivity index (χ3n) is 4.62. The number of β-lactam (4-membered cyclic amide) rings is 1. The summed E-state index contributed by atoms with van der Waals surface area (Å²) < 4.78 is 5.60. The normalized spacial score (nSPS) is 36.0. The lowest BCUT2D eigenvalue weighted by Crippen LogP contribution is -2.82. The second kappa shape index (κ2) is 3.58. The summed E-state index contributed by atoms with van der Waals surface area (Å²) in [6.07, 6.45) is 0. The first-order valence-corrected chi connectivity index (χ1v) is 6.61. The molecule has 2 aliphatic rings. The lowest BCUT2D eigenvalue weighted by Gasteiger charge is -2.62. The Kier molecular flexibility index (Phi) is 2.38. The molecule has 102 valence electrons. The topological polar surface area (TPSA) is 41.6 Å². The molecule has 0 aromatic heterocycles. The average molecular weight is 260 g/mol. The number of nitrogens with one attached hydrogen (secondary N) is 1. The van der Waals surface area contributed by atoms with Crippen molar-refractivity contribution >= 4 is 5.91 Å². The number of benzene rings is 1. The molecule has 0 unspecified atom stereocenters. The minimum atomic E-state index is -0.845. The predicted octanol–water partition coefficient (Wildman–Crippen LogP) is 1.47. The average Bonchev–Trinajstić information content (AvgIpc) is 2.68. The van der Waals surface area contributed by atoms with Gasteiger partial charge in [-0.15, -0.1) is 0 Å². The molecular weight excluding hydrogens is 240 g/mol. The van der Waals surface area contributed by atoms with Crippen molar-refractivity contribution in [3.05, 3.63) is 35.9 Å². The summed E-state index contributed by atoms with van der Waals surface area (Å²) in [5.41, 5.74) is -0.527. The third kappa shape index (κ3) is 1.23. The number of ether oxygens (including phenoxy) is 1. The Bertz CT molecular complexity index is 528. The van der Waals surface area contributed by atoms with Gasteiger partial charge in [-0.2, -0.15) is 0 Å². The van der Waals surface area contributed by atoms with E-state index in [-0.39, 0.29) is 11.4 Å². The van der Waals surface area contributed by atoms with Crippen LogP contribution in [0.3, 0.4) is 0 Å². The molecule has 0 radical (unpaired) electrons. The lowest BCUT2D eigenvalue weighted by atomic mass is 9.72. The first-order valence-electron chi connectivity index (χ1n) is 6.61. The van der Waals surface area contributed by atoms with Crippen molar-refractivity contribution in [3.63, 3.8) is 0 Å². The van der Waals surface area contributed by atoms with Gasteiger partial charge >= 0.3 is 0 Å². The molecule has 2 atom stereocenters. The molecule has 4 heteroatoms. The number of fused-ring (bicyclic) bond motifs is 1. The molecular formula is C15H20N2O2. The summed E-state index contributed by atoms with van der Waals surface area (Å²) in [7, 11) is 1.60. The number of methoxy groups -OCH3 is 1. The zero-order chi connectivity index (χ0) is 13.9. The summed E-state index contributed by atoms with van der Waals surface area (Å²) >= 11 is 0. The molecule has 1 N–H and O–H groups in total. The molecule has 2 fully saturated rings. The van der Waals surface area contributed by atoms with E-state index in [9.17, 15) is 4.79 Å². The summed E-state index contributed by atoms with van der Waals surface area (Å²) in [5, 5.41) is 3.53. The molecule has 0 saturated carbocycles. The van der Waals surface area contributed by atoms with E-state index < -0.39 is 11.3 Å². The van der Waals surface area contributed by atoms with E-state index in [4.69, 9.17) is 4.74 Å². The van der Waals surface area contributed by atoms with E-state index in [0.29, 0.717) is 0 Å². The lowest BCUT2D eigenvalue weighted by molar-refractivity contribution is -0.232. The van der Waals surface area contributed by atoms with Crippen LogP contribution < -0.4 is 5.32 Å². The molecule has 4 nitrogen and oxygen atoms in total. The molecule has 3 rings (SSSR count). The van der Waals surface area contributed by atoms with Gasteiger partial charge in [0.15, 0.2) is 11.3 Å². The zero-order valence-electron chi connectivity index (χ0n) is 11.9. The maximum atomic E-state index is 12.6. The highest BCUT2D eigenvalue weighted by Crippen LogP contribution is 2.55. The smallest absolute Gasteiger partial charge is 0.261 e. The van der Waals surface area contributed by atoms with Gasteiger partial charge in [0.05, 0.1) is 5.54 Å². The number of amides is 1. The summed E-state index contributed by atoms with van der Waals surface area (Å²) in [6, 6.07) is 10.1. The molecule has 0 aliphatic carbocycles. The van der Waals surface area contributed by atoms with Crippen LogP contribution in [0, 0.1) is 0 Å². The van der Waals surface area contributed by atoms with E-state index in [1.807, 2.05) is 42.2 Å². The van der Waals surface area contributed by atoms with Crippen molar-refractivity contribution in [2.24, 2.45) is 0 Å². The van der Waals surface area contributed by atoms with Crippen LogP contribution in [0.1, 0.15) is 26.3 Å². The van der Waals surface area contributed by atoms with E-state index in [1.54, 1.807) is 7.11 Å². The fourth-order valence-electron chi connectivity index (χ4n) is 3.50. The van der Waals surface area contributed by atoms with Gasteiger partial charge in [-0.05, 0) is 26.3 Å². The first-order chi connectivity index (χ1) is 8.90. The Hall–Kier alpha value is -1.39. The fraction of sp³-hybridized carbons (Fsp3) is 0.533. The highest BCUT2D eigenvalue weighted by molar-refractivity contribution is 5.96. The molecule has 2 heterocycles. The van der Waals surface area contributed by atoms with Crippen LogP contribution in [0.5, 0.6) is 0 Å². The minimum Gasteiger partial charge on any atom is -0.364 e. The Balaban J connectivity index is 2.18. The van der Waals surface area contributed by atoms with Crippen LogP contribution in [0.2, 0.25) is 0 Å². The second-order valence-corrected chi connectivity index (χ2v) is 6.12. The van der Waals surface area contributed by atoms with Crippen LogP contribution in [0.15, 0.2) is 30.3 Å². The number of hydrogen-bond donors (Lipinski definition) is 1. The number of hydrogen-bond acceptors (Lipinski definition) is 3. The van der Waals surface area contributed by atoms with Gasteiger partial charge in [-0.25, -0.2) is 0 Å². The van der Waals surface area contributed by atoms with Gasteiger partial charge in [-0.1, -0.05) is 30.3 Å². The van der Waals surface area contributed by atoms with Gasteiger partial charge in [0.2, 0.25) is 0 Å². The maximum Gasteiger partial charge on any atom is 0.261 e. The van der Waals surface area contributed by atoms with Gasteiger partial charge in [0, 0.05) is 13.7 Å².